The first kappa shape index (κ1) is 21.2. The number of esters is 1. The van der Waals surface area contributed by atoms with Gasteiger partial charge >= 0.3 is 5.97 Å². The third-order valence-electron chi connectivity index (χ3n) is 5.71. The maximum absolute atomic E-state index is 11.5. The van der Waals surface area contributed by atoms with Gasteiger partial charge in [0.2, 0.25) is 0 Å². The van der Waals surface area contributed by atoms with Crippen LogP contribution in [-0.4, -0.2) is 24.7 Å². The number of rotatable bonds is 6. The van der Waals surface area contributed by atoms with E-state index in [1.54, 1.807) is 0 Å². The zero-order chi connectivity index (χ0) is 21.2. The molecule has 1 unspecified atom stereocenters. The van der Waals surface area contributed by atoms with Gasteiger partial charge in [-0.25, -0.2) is 0 Å². The molecular formula is C24H31NO4. The standard InChI is InChI=1S/C24H31NO4/c1-15-16(2)23-21(17(3)22(15)28-18(4)26)10-12-24(5,29-23)14-27-20-8-6-19(7-9-20)11-13-25/h6-9H,10-14,25H2,1-5H3. The number of hydrogen-bond acceptors (Lipinski definition) is 5. The Hall–Kier alpha value is -2.53. The number of benzene rings is 2. The molecule has 0 amide bonds. The highest BCUT2D eigenvalue weighted by atomic mass is 16.5. The van der Waals surface area contributed by atoms with E-state index in [9.17, 15) is 4.79 Å². The monoisotopic (exact) mass is 397 g/mol. The Morgan fingerprint density at radius 3 is 2.45 bits per heavy atom. The van der Waals surface area contributed by atoms with Crippen molar-refractivity contribution in [2.75, 3.05) is 13.2 Å². The van der Waals surface area contributed by atoms with Crippen molar-refractivity contribution >= 4 is 5.97 Å². The lowest BCUT2D eigenvalue weighted by molar-refractivity contribution is -0.132. The first-order valence-corrected chi connectivity index (χ1v) is 10.2. The van der Waals surface area contributed by atoms with Gasteiger partial charge in [0.25, 0.3) is 0 Å². The molecule has 1 aliphatic heterocycles. The van der Waals surface area contributed by atoms with Gasteiger partial charge in [-0.1, -0.05) is 12.1 Å². The molecule has 0 saturated carbocycles. The van der Waals surface area contributed by atoms with Gasteiger partial charge < -0.3 is 19.9 Å². The van der Waals surface area contributed by atoms with Crippen molar-refractivity contribution < 1.29 is 19.0 Å². The number of carbonyl (C=O) groups excluding carboxylic acids is 1. The first-order valence-electron chi connectivity index (χ1n) is 10.2. The van der Waals surface area contributed by atoms with Gasteiger partial charge in [0.15, 0.2) is 0 Å². The molecule has 0 aromatic heterocycles. The molecule has 2 aromatic carbocycles. The van der Waals surface area contributed by atoms with E-state index in [-0.39, 0.29) is 5.97 Å². The normalized spacial score (nSPS) is 18.0. The lowest BCUT2D eigenvalue weighted by atomic mass is 9.87. The van der Waals surface area contributed by atoms with E-state index in [2.05, 4.69) is 19.1 Å². The molecule has 29 heavy (non-hydrogen) atoms. The quantitative estimate of drug-likeness (QED) is 0.584. The Labute approximate surface area is 173 Å². The number of nitrogens with two attached hydrogens (primary N) is 1. The maximum atomic E-state index is 11.5. The molecule has 1 aliphatic rings. The minimum atomic E-state index is -0.421. The van der Waals surface area contributed by atoms with Gasteiger partial charge in [0.05, 0.1) is 0 Å². The second kappa shape index (κ2) is 8.46. The van der Waals surface area contributed by atoms with Crippen molar-refractivity contribution in [2.24, 2.45) is 5.73 Å². The SMILES string of the molecule is CC(=O)Oc1c(C)c(C)c2c(c1C)CCC(C)(COc1ccc(CCN)cc1)O2. The van der Waals surface area contributed by atoms with Crippen molar-refractivity contribution in [3.05, 3.63) is 52.1 Å². The molecule has 1 atom stereocenters. The van der Waals surface area contributed by atoms with Crippen molar-refractivity contribution in [3.63, 3.8) is 0 Å². The molecule has 5 nitrogen and oxygen atoms in total. The highest BCUT2D eigenvalue weighted by Gasteiger charge is 2.35. The van der Waals surface area contributed by atoms with E-state index in [0.29, 0.717) is 18.9 Å². The highest BCUT2D eigenvalue weighted by Crippen LogP contribution is 2.43. The van der Waals surface area contributed by atoms with E-state index in [0.717, 1.165) is 53.0 Å². The van der Waals surface area contributed by atoms with Crippen LogP contribution >= 0.6 is 0 Å². The fourth-order valence-electron chi connectivity index (χ4n) is 3.84. The lowest BCUT2D eigenvalue weighted by Gasteiger charge is -2.37. The molecule has 156 valence electrons. The Balaban J connectivity index is 1.78. The number of fused-ring (bicyclic) bond motifs is 1. The van der Waals surface area contributed by atoms with E-state index in [4.69, 9.17) is 19.9 Å². The van der Waals surface area contributed by atoms with Crippen LogP contribution in [0.3, 0.4) is 0 Å². The molecule has 0 aliphatic carbocycles. The van der Waals surface area contributed by atoms with Crippen LogP contribution in [0.5, 0.6) is 17.2 Å². The van der Waals surface area contributed by atoms with Gasteiger partial charge in [-0.15, -0.1) is 0 Å². The molecule has 2 aromatic rings. The fourth-order valence-corrected chi connectivity index (χ4v) is 3.84. The van der Waals surface area contributed by atoms with E-state index in [1.165, 1.54) is 12.5 Å². The maximum Gasteiger partial charge on any atom is 0.308 e. The fraction of sp³-hybridized carbons (Fsp3) is 0.458. The summed E-state index contributed by atoms with van der Waals surface area (Å²) >= 11 is 0. The summed E-state index contributed by atoms with van der Waals surface area (Å²) in [6.45, 7) is 10.6. The Morgan fingerprint density at radius 2 is 1.83 bits per heavy atom. The van der Waals surface area contributed by atoms with E-state index in [1.807, 2.05) is 32.9 Å². The summed E-state index contributed by atoms with van der Waals surface area (Å²) in [5.41, 5.74) is 10.4. The second-order valence-electron chi connectivity index (χ2n) is 8.13. The molecule has 0 fully saturated rings. The minimum Gasteiger partial charge on any atom is -0.489 e. The lowest BCUT2D eigenvalue weighted by Crippen LogP contribution is -2.42. The zero-order valence-corrected chi connectivity index (χ0v) is 18.1. The van der Waals surface area contributed by atoms with Crippen LogP contribution in [0.4, 0.5) is 0 Å². The Kier molecular flexibility index (Phi) is 6.18. The van der Waals surface area contributed by atoms with Crippen molar-refractivity contribution in [3.8, 4) is 17.2 Å². The Bertz CT molecular complexity index is 904. The molecule has 5 heteroatoms. The summed E-state index contributed by atoms with van der Waals surface area (Å²) in [6.07, 6.45) is 2.55. The highest BCUT2D eigenvalue weighted by molar-refractivity contribution is 5.72. The molecule has 0 saturated heterocycles. The summed E-state index contributed by atoms with van der Waals surface area (Å²) in [4.78, 5) is 11.5. The van der Waals surface area contributed by atoms with Crippen LogP contribution < -0.4 is 19.9 Å². The van der Waals surface area contributed by atoms with Crippen molar-refractivity contribution in [2.45, 2.75) is 59.5 Å². The third-order valence-corrected chi connectivity index (χ3v) is 5.71. The van der Waals surface area contributed by atoms with Gasteiger partial charge in [0.1, 0.15) is 29.5 Å². The number of hydrogen-bond donors (Lipinski definition) is 1. The van der Waals surface area contributed by atoms with Crippen LogP contribution in [0, 0.1) is 20.8 Å². The first-order chi connectivity index (χ1) is 13.7. The minimum absolute atomic E-state index is 0.303. The van der Waals surface area contributed by atoms with Crippen LogP contribution in [0.1, 0.15) is 48.1 Å². The van der Waals surface area contributed by atoms with Gasteiger partial charge in [-0.05, 0) is 87.9 Å². The smallest absolute Gasteiger partial charge is 0.308 e. The van der Waals surface area contributed by atoms with Gasteiger partial charge in [-0.2, -0.15) is 0 Å². The van der Waals surface area contributed by atoms with Crippen LogP contribution in [0.2, 0.25) is 0 Å². The Morgan fingerprint density at radius 1 is 1.14 bits per heavy atom. The summed E-state index contributed by atoms with van der Waals surface area (Å²) in [5.74, 6) is 2.08. The number of carbonyl (C=O) groups is 1. The van der Waals surface area contributed by atoms with Crippen molar-refractivity contribution in [1.82, 2.24) is 0 Å². The molecule has 1 heterocycles. The summed E-state index contributed by atoms with van der Waals surface area (Å²) in [5, 5.41) is 0. The molecule has 0 bridgehead atoms. The molecule has 3 rings (SSSR count). The molecule has 0 radical (unpaired) electrons. The molecule has 0 spiro atoms. The zero-order valence-electron chi connectivity index (χ0n) is 18.1. The average molecular weight is 398 g/mol. The van der Waals surface area contributed by atoms with Crippen molar-refractivity contribution in [1.29, 1.82) is 0 Å². The predicted octanol–water partition coefficient (Wildman–Crippen LogP) is 4.20. The van der Waals surface area contributed by atoms with Gasteiger partial charge in [-0.3, -0.25) is 4.79 Å². The van der Waals surface area contributed by atoms with Crippen LogP contribution in [0.25, 0.3) is 0 Å². The van der Waals surface area contributed by atoms with E-state index >= 15 is 0 Å². The van der Waals surface area contributed by atoms with E-state index < -0.39 is 5.60 Å². The third kappa shape index (κ3) is 4.56. The molecule has 2 N–H and O–H groups in total. The number of ether oxygens (including phenoxy) is 3. The topological polar surface area (TPSA) is 70.8 Å². The van der Waals surface area contributed by atoms with Gasteiger partial charge in [0, 0.05) is 12.5 Å². The summed E-state index contributed by atoms with van der Waals surface area (Å²) < 4.78 is 18.0. The largest absolute Gasteiger partial charge is 0.489 e. The predicted molar refractivity (Wildman–Crippen MR) is 114 cm³/mol. The van der Waals surface area contributed by atoms with Crippen LogP contribution in [-0.2, 0) is 17.6 Å². The van der Waals surface area contributed by atoms with Crippen LogP contribution in [0.15, 0.2) is 24.3 Å². The average Bonchev–Trinajstić information content (AvgIpc) is 2.69. The summed E-state index contributed by atoms with van der Waals surface area (Å²) in [7, 11) is 0. The summed E-state index contributed by atoms with van der Waals surface area (Å²) in [6, 6.07) is 8.07. The second-order valence-corrected chi connectivity index (χ2v) is 8.13. The molecular weight excluding hydrogens is 366 g/mol.